The summed E-state index contributed by atoms with van der Waals surface area (Å²) in [6, 6.07) is 2.74. The normalized spacial score (nSPS) is 21.3. The molecule has 1 aromatic heterocycles. The molecule has 1 aliphatic heterocycles. The van der Waals surface area contributed by atoms with Crippen LogP contribution in [0, 0.1) is 0 Å². The molecule has 1 aliphatic rings. The molecule has 1 N–H and O–H groups in total. The maximum atomic E-state index is 5.68. The van der Waals surface area contributed by atoms with Crippen molar-refractivity contribution in [2.75, 3.05) is 13.2 Å². The Kier molecular flexibility index (Phi) is 6.15. The lowest BCUT2D eigenvalue weighted by Crippen LogP contribution is -2.20. The van der Waals surface area contributed by atoms with E-state index in [-0.39, 0.29) is 0 Å². The van der Waals surface area contributed by atoms with E-state index in [0.717, 1.165) is 13.2 Å². The van der Waals surface area contributed by atoms with Crippen molar-refractivity contribution in [1.82, 2.24) is 5.32 Å². The Bertz CT molecular complexity index is 349. The minimum atomic E-state index is 0.499. The Morgan fingerprint density at radius 1 is 1.61 bits per heavy atom. The molecule has 0 amide bonds. The number of hydrogen-bond acceptors (Lipinski definition) is 3. The summed E-state index contributed by atoms with van der Waals surface area (Å²) in [5, 5.41) is 5.84. The Hall–Kier alpha value is 0.100. The molecule has 4 heteroatoms. The monoisotopic (exact) mass is 331 g/mol. The Balaban J connectivity index is 1.78. The summed E-state index contributed by atoms with van der Waals surface area (Å²) in [7, 11) is 0. The van der Waals surface area contributed by atoms with E-state index in [1.54, 1.807) is 11.3 Å². The van der Waals surface area contributed by atoms with Crippen LogP contribution < -0.4 is 5.32 Å². The van der Waals surface area contributed by atoms with Gasteiger partial charge in [-0.05, 0) is 71.6 Å². The summed E-state index contributed by atoms with van der Waals surface area (Å²) in [6.45, 7) is 4.17. The average Bonchev–Trinajstić information content (AvgIpc) is 2.99. The van der Waals surface area contributed by atoms with Gasteiger partial charge in [0.25, 0.3) is 0 Å². The fourth-order valence-corrected chi connectivity index (χ4v) is 3.79. The van der Waals surface area contributed by atoms with Crippen molar-refractivity contribution in [3.63, 3.8) is 0 Å². The first kappa shape index (κ1) is 14.5. The molecule has 2 heterocycles. The molecule has 0 radical (unpaired) electrons. The minimum absolute atomic E-state index is 0.499. The zero-order valence-electron chi connectivity index (χ0n) is 11.0. The maximum Gasteiger partial charge on any atom is 0.0701 e. The van der Waals surface area contributed by atoms with Gasteiger partial charge in [0.1, 0.15) is 0 Å². The fraction of sp³-hybridized carbons (Fsp3) is 0.714. The van der Waals surface area contributed by atoms with Crippen molar-refractivity contribution in [3.05, 3.63) is 20.8 Å². The summed E-state index contributed by atoms with van der Waals surface area (Å²) in [5.74, 6) is 0. The highest BCUT2D eigenvalue weighted by Crippen LogP contribution is 2.29. The molecule has 0 aliphatic carbocycles. The van der Waals surface area contributed by atoms with Crippen LogP contribution in [0.4, 0.5) is 0 Å². The van der Waals surface area contributed by atoms with Gasteiger partial charge < -0.3 is 10.1 Å². The van der Waals surface area contributed by atoms with E-state index < -0.39 is 0 Å². The Morgan fingerprint density at radius 2 is 2.50 bits per heavy atom. The van der Waals surface area contributed by atoms with E-state index in [9.17, 15) is 0 Å². The molecule has 1 saturated heterocycles. The highest BCUT2D eigenvalue weighted by molar-refractivity contribution is 9.11. The van der Waals surface area contributed by atoms with Crippen LogP contribution in [0.5, 0.6) is 0 Å². The molecule has 102 valence electrons. The predicted molar refractivity (Wildman–Crippen MR) is 81.3 cm³/mol. The lowest BCUT2D eigenvalue weighted by Gasteiger charge is -2.17. The van der Waals surface area contributed by atoms with Gasteiger partial charge in [-0.25, -0.2) is 0 Å². The van der Waals surface area contributed by atoms with Crippen LogP contribution in [0.2, 0.25) is 0 Å². The topological polar surface area (TPSA) is 21.3 Å². The van der Waals surface area contributed by atoms with E-state index in [1.807, 2.05) is 0 Å². The van der Waals surface area contributed by atoms with Crippen molar-refractivity contribution in [3.8, 4) is 0 Å². The summed E-state index contributed by atoms with van der Waals surface area (Å²) in [4.78, 5) is 0. The number of rotatable bonds is 7. The lowest BCUT2D eigenvalue weighted by molar-refractivity contribution is 0.101. The van der Waals surface area contributed by atoms with Gasteiger partial charge in [-0.1, -0.05) is 6.92 Å². The quantitative estimate of drug-likeness (QED) is 0.793. The van der Waals surface area contributed by atoms with Gasteiger partial charge >= 0.3 is 0 Å². The maximum absolute atomic E-state index is 5.68. The average molecular weight is 332 g/mol. The van der Waals surface area contributed by atoms with Crippen LogP contribution in [0.15, 0.2) is 15.2 Å². The van der Waals surface area contributed by atoms with Crippen LogP contribution in [-0.4, -0.2) is 19.3 Å². The largest absolute Gasteiger partial charge is 0.378 e. The summed E-state index contributed by atoms with van der Waals surface area (Å²) < 4.78 is 6.90. The molecular weight excluding hydrogens is 310 g/mol. The van der Waals surface area contributed by atoms with Crippen molar-refractivity contribution >= 4 is 27.3 Å². The van der Waals surface area contributed by atoms with Gasteiger partial charge in [0.05, 0.1) is 9.89 Å². The van der Waals surface area contributed by atoms with Crippen molar-refractivity contribution < 1.29 is 4.74 Å². The Morgan fingerprint density at radius 3 is 3.11 bits per heavy atom. The molecule has 2 unspecified atom stereocenters. The highest BCUT2D eigenvalue weighted by atomic mass is 79.9. The van der Waals surface area contributed by atoms with Gasteiger partial charge in [0.2, 0.25) is 0 Å². The van der Waals surface area contributed by atoms with Crippen LogP contribution in [0.3, 0.4) is 0 Å². The molecule has 2 rings (SSSR count). The molecule has 18 heavy (non-hydrogen) atoms. The molecule has 0 bridgehead atoms. The summed E-state index contributed by atoms with van der Waals surface area (Å²) in [6.07, 6.45) is 6.70. The molecule has 0 aromatic carbocycles. The summed E-state index contributed by atoms with van der Waals surface area (Å²) in [5.41, 5.74) is 1.42. The van der Waals surface area contributed by atoms with E-state index >= 15 is 0 Å². The smallest absolute Gasteiger partial charge is 0.0701 e. The number of nitrogens with one attached hydrogen (secondary N) is 1. The zero-order valence-corrected chi connectivity index (χ0v) is 13.4. The zero-order chi connectivity index (χ0) is 12.8. The van der Waals surface area contributed by atoms with Crippen LogP contribution in [-0.2, 0) is 4.74 Å². The molecule has 1 fully saturated rings. The van der Waals surface area contributed by atoms with Crippen molar-refractivity contribution in [1.29, 1.82) is 0 Å². The first-order chi connectivity index (χ1) is 8.79. The minimum Gasteiger partial charge on any atom is -0.378 e. The number of ether oxygens (including phenoxy) is 1. The second-order valence-electron chi connectivity index (χ2n) is 4.86. The number of thiophene rings is 1. The van der Waals surface area contributed by atoms with Gasteiger partial charge in [-0.3, -0.25) is 0 Å². The molecule has 2 atom stereocenters. The lowest BCUT2D eigenvalue weighted by atomic mass is 10.0. The van der Waals surface area contributed by atoms with Crippen molar-refractivity contribution in [2.45, 2.75) is 51.2 Å². The predicted octanol–water partition coefficient (Wildman–Crippen LogP) is 4.51. The van der Waals surface area contributed by atoms with E-state index in [4.69, 9.17) is 4.74 Å². The SMILES string of the molecule is CCNC(CCCC1CCCO1)c1csc(Br)c1. The second-order valence-corrected chi connectivity index (χ2v) is 7.15. The van der Waals surface area contributed by atoms with Gasteiger partial charge in [0.15, 0.2) is 0 Å². The fourth-order valence-electron chi connectivity index (χ4n) is 2.56. The molecule has 0 spiro atoms. The van der Waals surface area contributed by atoms with E-state index in [1.165, 1.54) is 41.5 Å². The Labute approximate surface area is 122 Å². The molecule has 2 nitrogen and oxygen atoms in total. The van der Waals surface area contributed by atoms with Crippen LogP contribution in [0.1, 0.15) is 50.6 Å². The molecule has 1 aromatic rings. The van der Waals surface area contributed by atoms with Crippen LogP contribution in [0.25, 0.3) is 0 Å². The second kappa shape index (κ2) is 7.63. The third-order valence-corrected chi connectivity index (χ3v) is 5.01. The van der Waals surface area contributed by atoms with E-state index in [0.29, 0.717) is 12.1 Å². The number of hydrogen-bond donors (Lipinski definition) is 1. The highest BCUT2D eigenvalue weighted by Gasteiger charge is 2.17. The first-order valence-corrected chi connectivity index (χ1v) is 8.55. The van der Waals surface area contributed by atoms with Crippen LogP contribution >= 0.6 is 27.3 Å². The molecular formula is C14H22BrNOS. The first-order valence-electron chi connectivity index (χ1n) is 6.88. The third kappa shape index (κ3) is 4.34. The van der Waals surface area contributed by atoms with Gasteiger partial charge in [0, 0.05) is 12.6 Å². The van der Waals surface area contributed by atoms with Gasteiger partial charge in [-0.2, -0.15) is 0 Å². The standard InChI is InChI=1S/C14H22BrNOS/c1-2-16-13(11-9-14(15)18-10-11)7-3-5-12-6-4-8-17-12/h9-10,12-13,16H,2-8H2,1H3. The summed E-state index contributed by atoms with van der Waals surface area (Å²) >= 11 is 5.31. The third-order valence-electron chi connectivity index (χ3n) is 3.48. The molecule has 0 saturated carbocycles. The number of halogens is 1. The van der Waals surface area contributed by atoms with Gasteiger partial charge in [-0.15, -0.1) is 11.3 Å². The van der Waals surface area contributed by atoms with E-state index in [2.05, 4.69) is 39.6 Å². The van der Waals surface area contributed by atoms with Crippen molar-refractivity contribution in [2.24, 2.45) is 0 Å².